The quantitative estimate of drug-likeness (QED) is 0.794. The lowest BCUT2D eigenvalue weighted by molar-refractivity contribution is 0.0197. The number of halogens is 2. The first-order chi connectivity index (χ1) is 7.27. The highest BCUT2D eigenvalue weighted by Gasteiger charge is 2.25. The fourth-order valence-electron chi connectivity index (χ4n) is 1.95. The van der Waals surface area contributed by atoms with Gasteiger partial charge in [-0.15, -0.1) is 0 Å². The van der Waals surface area contributed by atoms with Crippen LogP contribution >= 0.6 is 15.9 Å². The number of alkyl halides is 1. The van der Waals surface area contributed by atoms with E-state index in [1.165, 1.54) is 0 Å². The van der Waals surface area contributed by atoms with Crippen molar-refractivity contribution < 1.29 is 9.13 Å². The van der Waals surface area contributed by atoms with Gasteiger partial charge >= 0.3 is 0 Å². The van der Waals surface area contributed by atoms with Crippen molar-refractivity contribution in [3.8, 4) is 0 Å². The summed E-state index contributed by atoms with van der Waals surface area (Å²) in [7, 11) is 0. The largest absolute Gasteiger partial charge is 0.381 e. The van der Waals surface area contributed by atoms with E-state index in [1.54, 1.807) is 0 Å². The zero-order chi connectivity index (χ0) is 10.7. The fraction of sp³-hybridized carbons (Fsp3) is 0.500. The summed E-state index contributed by atoms with van der Waals surface area (Å²) in [6.45, 7) is 1.33. The first-order valence-corrected chi connectivity index (χ1v) is 6.04. The summed E-state index contributed by atoms with van der Waals surface area (Å²) in [6, 6.07) is 7.46. The monoisotopic (exact) mass is 272 g/mol. The van der Waals surface area contributed by atoms with Crippen LogP contribution in [-0.2, 0) is 4.74 Å². The molecule has 82 valence electrons. The second kappa shape index (κ2) is 5.08. The molecule has 1 nitrogen and oxygen atoms in total. The molecule has 0 bridgehead atoms. The Kier molecular flexibility index (Phi) is 3.76. The minimum Gasteiger partial charge on any atom is -0.381 e. The Labute approximate surface area is 97.8 Å². The first-order valence-electron chi connectivity index (χ1n) is 5.24. The summed E-state index contributed by atoms with van der Waals surface area (Å²) in [5.41, 5.74) is 0.750. The lowest BCUT2D eigenvalue weighted by Gasteiger charge is -2.25. The van der Waals surface area contributed by atoms with E-state index in [4.69, 9.17) is 4.74 Å². The van der Waals surface area contributed by atoms with Crippen LogP contribution in [-0.4, -0.2) is 13.2 Å². The molecule has 3 heteroatoms. The van der Waals surface area contributed by atoms with E-state index in [0.717, 1.165) is 29.5 Å². The number of hydrogen-bond donors (Lipinski definition) is 0. The summed E-state index contributed by atoms with van der Waals surface area (Å²) in [6.07, 6.45) is 0.995. The van der Waals surface area contributed by atoms with Gasteiger partial charge in [-0.05, 0) is 30.5 Å². The maximum absolute atomic E-state index is 14.1. The molecule has 2 rings (SSSR count). The highest BCUT2D eigenvalue weighted by molar-refractivity contribution is 9.10. The van der Waals surface area contributed by atoms with E-state index in [9.17, 15) is 4.39 Å². The predicted molar refractivity (Wildman–Crippen MR) is 61.5 cm³/mol. The predicted octanol–water partition coefficient (Wildman–Crippen LogP) is 3.89. The molecule has 0 saturated carbocycles. The Morgan fingerprint density at radius 2 is 2.33 bits per heavy atom. The lowest BCUT2D eigenvalue weighted by atomic mass is 9.92. The van der Waals surface area contributed by atoms with Crippen LogP contribution in [0.15, 0.2) is 28.7 Å². The van der Waals surface area contributed by atoms with Crippen LogP contribution in [0.2, 0.25) is 0 Å². The molecule has 0 spiro atoms. The molecular weight excluding hydrogens is 259 g/mol. The van der Waals surface area contributed by atoms with E-state index in [2.05, 4.69) is 15.9 Å². The molecular formula is C12H14BrFO. The summed E-state index contributed by atoms with van der Waals surface area (Å²) in [4.78, 5) is 0. The van der Waals surface area contributed by atoms with Gasteiger partial charge in [0.05, 0.1) is 6.61 Å². The molecule has 2 atom stereocenters. The van der Waals surface area contributed by atoms with Gasteiger partial charge in [-0.1, -0.05) is 28.1 Å². The maximum Gasteiger partial charge on any atom is 0.130 e. The molecule has 0 amide bonds. The molecule has 1 aromatic carbocycles. The van der Waals surface area contributed by atoms with Crippen molar-refractivity contribution in [2.75, 3.05) is 13.2 Å². The third-order valence-electron chi connectivity index (χ3n) is 2.78. The number of ether oxygens (including phenoxy) is 1. The second-order valence-corrected chi connectivity index (χ2v) is 4.85. The molecule has 1 aliphatic rings. The van der Waals surface area contributed by atoms with Gasteiger partial charge in [-0.25, -0.2) is 4.39 Å². The molecule has 1 fully saturated rings. The van der Waals surface area contributed by atoms with Crippen LogP contribution in [0.3, 0.4) is 0 Å². The molecule has 1 aromatic rings. The molecule has 15 heavy (non-hydrogen) atoms. The fourth-order valence-corrected chi connectivity index (χ4v) is 2.36. The van der Waals surface area contributed by atoms with Crippen LogP contribution in [0.4, 0.5) is 4.39 Å². The van der Waals surface area contributed by atoms with Gasteiger partial charge in [0, 0.05) is 17.0 Å². The van der Waals surface area contributed by atoms with E-state index < -0.39 is 6.17 Å². The zero-order valence-corrected chi connectivity index (χ0v) is 10.0. The van der Waals surface area contributed by atoms with Gasteiger partial charge in [0.2, 0.25) is 0 Å². The number of rotatable bonds is 2. The van der Waals surface area contributed by atoms with Gasteiger partial charge in [0.15, 0.2) is 0 Å². The van der Waals surface area contributed by atoms with Crippen LogP contribution in [0.25, 0.3) is 0 Å². The Morgan fingerprint density at radius 3 is 3.00 bits per heavy atom. The minimum atomic E-state index is -0.900. The Hall–Kier alpha value is -0.410. The van der Waals surface area contributed by atoms with Gasteiger partial charge in [-0.3, -0.25) is 0 Å². The van der Waals surface area contributed by atoms with Crippen LogP contribution in [0.5, 0.6) is 0 Å². The molecule has 1 saturated heterocycles. The van der Waals surface area contributed by atoms with Crippen LogP contribution in [0.1, 0.15) is 24.6 Å². The summed E-state index contributed by atoms with van der Waals surface area (Å²) < 4.78 is 20.3. The topological polar surface area (TPSA) is 9.23 Å². The SMILES string of the molecule is FC(c1cccc(Br)c1)C1CCCOC1. The van der Waals surface area contributed by atoms with Crippen molar-refractivity contribution in [3.05, 3.63) is 34.3 Å². The molecule has 1 heterocycles. The molecule has 0 aromatic heterocycles. The van der Waals surface area contributed by atoms with Crippen LogP contribution < -0.4 is 0 Å². The van der Waals surface area contributed by atoms with Crippen LogP contribution in [0, 0.1) is 5.92 Å². The Balaban J connectivity index is 2.08. The first kappa shape index (κ1) is 11.1. The third kappa shape index (κ3) is 2.79. The molecule has 0 N–H and O–H groups in total. The summed E-state index contributed by atoms with van der Waals surface area (Å²) in [5.74, 6) is 0.0213. The van der Waals surface area contributed by atoms with Crippen molar-refractivity contribution in [1.82, 2.24) is 0 Å². The van der Waals surface area contributed by atoms with E-state index >= 15 is 0 Å². The van der Waals surface area contributed by atoms with E-state index in [-0.39, 0.29) is 5.92 Å². The molecule has 1 aliphatic heterocycles. The minimum absolute atomic E-state index is 0.0213. The Morgan fingerprint density at radius 1 is 1.47 bits per heavy atom. The summed E-state index contributed by atoms with van der Waals surface area (Å²) in [5, 5.41) is 0. The standard InChI is InChI=1S/C12H14BrFO/c13-11-5-1-3-9(7-11)12(14)10-4-2-6-15-8-10/h1,3,5,7,10,12H,2,4,6,8H2. The second-order valence-electron chi connectivity index (χ2n) is 3.93. The zero-order valence-electron chi connectivity index (χ0n) is 8.46. The van der Waals surface area contributed by atoms with Crippen molar-refractivity contribution in [3.63, 3.8) is 0 Å². The van der Waals surface area contributed by atoms with E-state index in [0.29, 0.717) is 6.61 Å². The summed E-state index contributed by atoms with van der Waals surface area (Å²) >= 11 is 3.36. The van der Waals surface area contributed by atoms with Gasteiger partial charge in [0.25, 0.3) is 0 Å². The average Bonchev–Trinajstić information content (AvgIpc) is 2.29. The molecule has 0 radical (unpaired) electrons. The smallest absolute Gasteiger partial charge is 0.130 e. The average molecular weight is 273 g/mol. The highest BCUT2D eigenvalue weighted by Crippen LogP contribution is 2.32. The van der Waals surface area contributed by atoms with E-state index in [1.807, 2.05) is 24.3 Å². The molecule has 2 unspecified atom stereocenters. The van der Waals surface area contributed by atoms with Crippen molar-refractivity contribution in [1.29, 1.82) is 0 Å². The van der Waals surface area contributed by atoms with Gasteiger partial charge in [0.1, 0.15) is 6.17 Å². The number of benzene rings is 1. The lowest BCUT2D eigenvalue weighted by Crippen LogP contribution is -2.21. The maximum atomic E-state index is 14.1. The Bertz CT molecular complexity index is 323. The van der Waals surface area contributed by atoms with Crippen molar-refractivity contribution in [2.45, 2.75) is 19.0 Å². The number of hydrogen-bond acceptors (Lipinski definition) is 1. The van der Waals surface area contributed by atoms with Crippen molar-refractivity contribution >= 4 is 15.9 Å². The highest BCUT2D eigenvalue weighted by atomic mass is 79.9. The van der Waals surface area contributed by atoms with Gasteiger partial charge in [-0.2, -0.15) is 0 Å². The molecule has 0 aliphatic carbocycles. The van der Waals surface area contributed by atoms with Crippen molar-refractivity contribution in [2.24, 2.45) is 5.92 Å². The van der Waals surface area contributed by atoms with Gasteiger partial charge < -0.3 is 4.74 Å². The normalized spacial score (nSPS) is 23.7. The third-order valence-corrected chi connectivity index (χ3v) is 3.27.